The second kappa shape index (κ2) is 15.2. The summed E-state index contributed by atoms with van der Waals surface area (Å²) in [4.78, 5) is 68.1. The molecule has 1 N–H and O–H groups in total. The summed E-state index contributed by atoms with van der Waals surface area (Å²) in [6.45, 7) is 6.43. The predicted molar refractivity (Wildman–Crippen MR) is 126 cm³/mol. The van der Waals surface area contributed by atoms with Crippen molar-refractivity contribution in [2.75, 3.05) is 74.5 Å². The van der Waals surface area contributed by atoms with E-state index in [2.05, 4.69) is 5.32 Å². The number of hydrogen-bond acceptors (Lipinski definition) is 6. The molecule has 0 saturated heterocycles. The summed E-state index contributed by atoms with van der Waals surface area (Å²) in [5.74, 6) is -1.51. The van der Waals surface area contributed by atoms with Crippen LogP contribution in [0.4, 0.5) is 0 Å². The minimum Gasteiger partial charge on any atom is -0.344 e. The van der Waals surface area contributed by atoms with E-state index in [4.69, 9.17) is 0 Å². The lowest BCUT2D eigenvalue weighted by atomic mass is 10.3. The number of hydrogen-bond donors (Lipinski definition) is 1. The van der Waals surface area contributed by atoms with Crippen LogP contribution in [0.3, 0.4) is 0 Å². The van der Waals surface area contributed by atoms with Gasteiger partial charge in [-0.2, -0.15) is 0 Å². The van der Waals surface area contributed by atoms with Crippen molar-refractivity contribution in [3.05, 3.63) is 0 Å². The van der Waals surface area contributed by atoms with Crippen molar-refractivity contribution in [2.24, 2.45) is 0 Å². The fourth-order valence-corrected chi connectivity index (χ4v) is 2.77. The number of carbonyl (C=O) groups is 5. The summed E-state index contributed by atoms with van der Waals surface area (Å²) in [5, 5.41) is 3.15. The molecule has 0 aliphatic carbocycles. The molecule has 0 aromatic heterocycles. The van der Waals surface area contributed by atoms with Crippen LogP contribution in [0.15, 0.2) is 0 Å². The van der Waals surface area contributed by atoms with Crippen molar-refractivity contribution in [1.82, 2.24) is 29.8 Å². The van der Waals surface area contributed by atoms with E-state index in [9.17, 15) is 24.0 Å². The first kappa shape index (κ1) is 30.3. The molecule has 0 fully saturated rings. The predicted octanol–water partition coefficient (Wildman–Crippen LogP) is -0.923. The van der Waals surface area contributed by atoms with Crippen LogP contribution in [-0.4, -0.2) is 135 Å². The van der Waals surface area contributed by atoms with Gasteiger partial charge in [-0.25, -0.2) is 0 Å². The normalized spacial score (nSPS) is 10.6. The third-order valence-electron chi connectivity index (χ3n) is 5.07. The van der Waals surface area contributed by atoms with E-state index in [1.54, 1.807) is 19.0 Å². The zero-order valence-electron chi connectivity index (χ0n) is 21.5. The Labute approximate surface area is 198 Å². The van der Waals surface area contributed by atoms with E-state index in [-0.39, 0.29) is 62.3 Å². The maximum Gasteiger partial charge on any atom is 0.242 e. The Kier molecular flexibility index (Phi) is 14.0. The van der Waals surface area contributed by atoms with Gasteiger partial charge in [0, 0.05) is 60.8 Å². The average molecular weight is 471 g/mol. The molecular weight excluding hydrogens is 428 g/mol. The van der Waals surface area contributed by atoms with Crippen LogP contribution in [0.5, 0.6) is 0 Å². The molecule has 0 aromatic carbocycles. The molecule has 0 unspecified atom stereocenters. The Hall–Kier alpha value is -2.69. The molecule has 0 atom stereocenters. The minimum absolute atomic E-state index is 0.0667. The van der Waals surface area contributed by atoms with Gasteiger partial charge in [-0.1, -0.05) is 20.8 Å². The maximum atomic E-state index is 12.5. The molecule has 0 heterocycles. The fraction of sp³-hybridized carbons (Fsp3) is 0.773. The molecule has 0 radical (unpaired) electrons. The lowest BCUT2D eigenvalue weighted by Crippen LogP contribution is -2.47. The third-order valence-corrected chi connectivity index (χ3v) is 5.07. The highest BCUT2D eigenvalue weighted by atomic mass is 16.2. The summed E-state index contributed by atoms with van der Waals surface area (Å²) in [7, 11) is 7.68. The standard InChI is InChI=1S/C22H42N6O5/c1-9-12-24(4)19(30)13-26(6)21(32)15-28(8)22(33)16-27(7)20(31)14-25(5)18(29)10-11-23-17(2)3/h17,23H,9-16H2,1-8H3. The monoisotopic (exact) mass is 470 g/mol. The summed E-state index contributed by atoms with van der Waals surface area (Å²) in [5.41, 5.74) is 0. The van der Waals surface area contributed by atoms with Gasteiger partial charge in [-0.05, 0) is 6.42 Å². The molecule has 0 aromatic rings. The van der Waals surface area contributed by atoms with Gasteiger partial charge in [0.1, 0.15) is 0 Å². The molecule has 0 aliphatic rings. The van der Waals surface area contributed by atoms with Crippen LogP contribution in [0.2, 0.25) is 0 Å². The van der Waals surface area contributed by atoms with E-state index in [1.165, 1.54) is 40.7 Å². The van der Waals surface area contributed by atoms with Crippen LogP contribution in [0, 0.1) is 0 Å². The molecule has 0 aliphatic heterocycles. The fourth-order valence-electron chi connectivity index (χ4n) is 2.77. The van der Waals surface area contributed by atoms with Crippen LogP contribution in [0.25, 0.3) is 0 Å². The highest BCUT2D eigenvalue weighted by molar-refractivity contribution is 5.91. The third kappa shape index (κ3) is 12.2. The van der Waals surface area contributed by atoms with Crippen LogP contribution >= 0.6 is 0 Å². The Bertz CT molecular complexity index is 684. The minimum atomic E-state index is -0.419. The van der Waals surface area contributed by atoms with Crippen LogP contribution in [0.1, 0.15) is 33.6 Å². The molecule has 11 nitrogen and oxygen atoms in total. The van der Waals surface area contributed by atoms with Gasteiger partial charge >= 0.3 is 0 Å². The quantitative estimate of drug-likeness (QED) is 0.351. The van der Waals surface area contributed by atoms with Crippen molar-refractivity contribution < 1.29 is 24.0 Å². The lowest BCUT2D eigenvalue weighted by Gasteiger charge is -2.26. The van der Waals surface area contributed by atoms with Crippen molar-refractivity contribution in [2.45, 2.75) is 39.7 Å². The number of likely N-dealkylation sites (N-methyl/N-ethyl adjacent to an activating group) is 5. The SMILES string of the molecule is CCCN(C)C(=O)CN(C)C(=O)CN(C)C(=O)CN(C)C(=O)CN(C)C(=O)CCNC(C)C. The molecule has 0 spiro atoms. The topological polar surface area (TPSA) is 114 Å². The molecule has 33 heavy (non-hydrogen) atoms. The largest absolute Gasteiger partial charge is 0.344 e. The lowest BCUT2D eigenvalue weighted by molar-refractivity contribution is -0.144. The van der Waals surface area contributed by atoms with Gasteiger partial charge in [0.05, 0.1) is 26.2 Å². The number of rotatable bonds is 14. The summed E-state index contributed by atoms with van der Waals surface area (Å²) in [6.07, 6.45) is 1.10. The highest BCUT2D eigenvalue weighted by Crippen LogP contribution is 1.98. The zero-order chi connectivity index (χ0) is 25.7. The maximum absolute atomic E-state index is 12.5. The molecule has 190 valence electrons. The highest BCUT2D eigenvalue weighted by Gasteiger charge is 2.22. The first-order valence-corrected chi connectivity index (χ1v) is 11.2. The van der Waals surface area contributed by atoms with Gasteiger partial charge in [0.2, 0.25) is 29.5 Å². The van der Waals surface area contributed by atoms with Crippen molar-refractivity contribution >= 4 is 29.5 Å². The summed E-state index contributed by atoms with van der Waals surface area (Å²) in [6, 6.07) is 0.272. The molecular formula is C22H42N6O5. The van der Waals surface area contributed by atoms with E-state index in [0.29, 0.717) is 13.1 Å². The van der Waals surface area contributed by atoms with Gasteiger partial charge in [-0.15, -0.1) is 0 Å². The van der Waals surface area contributed by atoms with Crippen LogP contribution < -0.4 is 5.32 Å². The van der Waals surface area contributed by atoms with Gasteiger partial charge < -0.3 is 29.8 Å². The first-order valence-electron chi connectivity index (χ1n) is 11.2. The molecule has 11 heteroatoms. The van der Waals surface area contributed by atoms with Gasteiger partial charge in [0.25, 0.3) is 0 Å². The number of nitrogens with one attached hydrogen (secondary N) is 1. The molecule has 0 rings (SSSR count). The Morgan fingerprint density at radius 2 is 0.939 bits per heavy atom. The van der Waals surface area contributed by atoms with E-state index < -0.39 is 5.91 Å². The first-order chi connectivity index (χ1) is 15.3. The van der Waals surface area contributed by atoms with E-state index in [1.807, 2.05) is 20.8 Å². The van der Waals surface area contributed by atoms with Gasteiger partial charge in [-0.3, -0.25) is 24.0 Å². The summed E-state index contributed by atoms with van der Waals surface area (Å²) < 4.78 is 0. The molecule has 0 saturated carbocycles. The van der Waals surface area contributed by atoms with Crippen molar-refractivity contribution in [3.8, 4) is 0 Å². The molecule has 5 amide bonds. The van der Waals surface area contributed by atoms with Crippen LogP contribution in [-0.2, 0) is 24.0 Å². The van der Waals surface area contributed by atoms with E-state index in [0.717, 1.165) is 6.42 Å². The Balaban J connectivity index is 4.55. The van der Waals surface area contributed by atoms with Gasteiger partial charge in [0.15, 0.2) is 0 Å². The average Bonchev–Trinajstić information content (AvgIpc) is 2.72. The zero-order valence-corrected chi connectivity index (χ0v) is 21.5. The van der Waals surface area contributed by atoms with Crippen molar-refractivity contribution in [1.29, 1.82) is 0 Å². The Morgan fingerprint density at radius 3 is 1.27 bits per heavy atom. The van der Waals surface area contributed by atoms with Crippen molar-refractivity contribution in [3.63, 3.8) is 0 Å². The second-order valence-corrected chi connectivity index (χ2v) is 8.67. The smallest absolute Gasteiger partial charge is 0.242 e. The number of carbonyl (C=O) groups excluding carboxylic acids is 5. The molecule has 0 bridgehead atoms. The summed E-state index contributed by atoms with van der Waals surface area (Å²) >= 11 is 0. The number of amides is 5. The van der Waals surface area contributed by atoms with E-state index >= 15 is 0 Å². The Morgan fingerprint density at radius 1 is 0.606 bits per heavy atom. The number of nitrogens with zero attached hydrogens (tertiary/aromatic N) is 5. The second-order valence-electron chi connectivity index (χ2n) is 8.67.